The number of nitrogens with zero attached hydrogens (tertiary/aromatic N) is 1. The summed E-state index contributed by atoms with van der Waals surface area (Å²) in [6.45, 7) is 0. The van der Waals surface area contributed by atoms with Crippen molar-refractivity contribution in [1.29, 1.82) is 0 Å². The maximum Gasteiger partial charge on any atom is 0.242 e. The summed E-state index contributed by atoms with van der Waals surface area (Å²) in [5.74, 6) is 1.32. The van der Waals surface area contributed by atoms with Crippen molar-refractivity contribution >= 4 is 15.9 Å². The molecule has 8 heteroatoms. The van der Waals surface area contributed by atoms with Crippen molar-refractivity contribution in [2.24, 2.45) is 0 Å². The molecule has 1 amide bonds. The fourth-order valence-corrected chi connectivity index (χ4v) is 4.86. The van der Waals surface area contributed by atoms with Crippen LogP contribution in [0, 0.1) is 0 Å². The van der Waals surface area contributed by atoms with E-state index in [0.717, 1.165) is 30.6 Å². The molecule has 0 unspecified atom stereocenters. The summed E-state index contributed by atoms with van der Waals surface area (Å²) in [5, 5.41) is 3.14. The number of sulfonamides is 1. The lowest BCUT2D eigenvalue weighted by atomic mass is 9.87. The Kier molecular flexibility index (Phi) is 7.23. The first-order valence-corrected chi connectivity index (χ1v) is 11.8. The van der Waals surface area contributed by atoms with Gasteiger partial charge in [-0.3, -0.25) is 4.79 Å². The van der Waals surface area contributed by atoms with E-state index in [4.69, 9.17) is 9.47 Å². The molecule has 0 aromatic heterocycles. The number of methoxy groups -OCH3 is 2. The molecule has 1 aliphatic rings. The average Bonchev–Trinajstić information content (AvgIpc) is 2.77. The standard InChI is InChI=1S/C23H30N2O5S/c1-25(2)31(27,28)19-10-12-22(30-4)17(15-19)8-13-23(26)24-21-7-5-6-16-14-18(29-3)9-11-20(16)21/h9-12,14-15,21H,5-8,13H2,1-4H3,(H,24,26)/t21-/m1/s1. The first-order chi connectivity index (χ1) is 14.8. The predicted molar refractivity (Wildman–Crippen MR) is 119 cm³/mol. The smallest absolute Gasteiger partial charge is 0.242 e. The lowest BCUT2D eigenvalue weighted by Gasteiger charge is -2.27. The van der Waals surface area contributed by atoms with Gasteiger partial charge in [0.2, 0.25) is 15.9 Å². The van der Waals surface area contributed by atoms with E-state index in [9.17, 15) is 13.2 Å². The van der Waals surface area contributed by atoms with Crippen LogP contribution in [0.15, 0.2) is 41.3 Å². The summed E-state index contributed by atoms with van der Waals surface area (Å²) in [4.78, 5) is 12.9. The van der Waals surface area contributed by atoms with Crippen LogP contribution in [0.4, 0.5) is 0 Å². The lowest BCUT2D eigenvalue weighted by Crippen LogP contribution is -2.31. The van der Waals surface area contributed by atoms with Gasteiger partial charge >= 0.3 is 0 Å². The van der Waals surface area contributed by atoms with Gasteiger partial charge in [0.1, 0.15) is 11.5 Å². The summed E-state index contributed by atoms with van der Waals surface area (Å²) in [6.07, 6.45) is 3.50. The summed E-state index contributed by atoms with van der Waals surface area (Å²) >= 11 is 0. The maximum absolute atomic E-state index is 12.7. The molecular weight excluding hydrogens is 416 g/mol. The molecule has 0 aliphatic heterocycles. The molecule has 168 valence electrons. The monoisotopic (exact) mass is 446 g/mol. The summed E-state index contributed by atoms with van der Waals surface area (Å²) in [6, 6.07) is 10.7. The molecular formula is C23H30N2O5S. The zero-order valence-corrected chi connectivity index (χ0v) is 19.3. The molecule has 0 fully saturated rings. The van der Waals surface area contributed by atoms with Gasteiger partial charge in [-0.1, -0.05) is 6.07 Å². The number of hydrogen-bond acceptors (Lipinski definition) is 5. The lowest BCUT2D eigenvalue weighted by molar-refractivity contribution is -0.121. The number of fused-ring (bicyclic) bond motifs is 1. The van der Waals surface area contributed by atoms with Crippen LogP contribution in [0.3, 0.4) is 0 Å². The van der Waals surface area contributed by atoms with E-state index in [0.29, 0.717) is 17.7 Å². The van der Waals surface area contributed by atoms with Crippen LogP contribution < -0.4 is 14.8 Å². The third-order valence-corrected chi connectivity index (χ3v) is 7.46. The van der Waals surface area contributed by atoms with Crippen LogP contribution in [0.25, 0.3) is 0 Å². The zero-order chi connectivity index (χ0) is 22.6. The Bertz CT molecular complexity index is 1050. The quantitative estimate of drug-likeness (QED) is 0.674. The van der Waals surface area contributed by atoms with Crippen molar-refractivity contribution in [1.82, 2.24) is 9.62 Å². The molecule has 7 nitrogen and oxygen atoms in total. The first kappa shape index (κ1) is 23.1. The number of carbonyl (C=O) groups is 1. The molecule has 0 saturated carbocycles. The number of amides is 1. The molecule has 2 aromatic rings. The van der Waals surface area contributed by atoms with E-state index in [1.165, 1.54) is 37.1 Å². The zero-order valence-electron chi connectivity index (χ0n) is 18.5. The van der Waals surface area contributed by atoms with Crippen LogP contribution >= 0.6 is 0 Å². The molecule has 0 heterocycles. The van der Waals surface area contributed by atoms with Crippen LogP contribution in [0.1, 0.15) is 42.0 Å². The molecule has 0 spiro atoms. The highest BCUT2D eigenvalue weighted by molar-refractivity contribution is 7.89. The van der Waals surface area contributed by atoms with Gasteiger partial charge in [-0.05, 0) is 72.7 Å². The minimum Gasteiger partial charge on any atom is -0.497 e. The third kappa shape index (κ3) is 5.19. The number of carbonyl (C=O) groups excluding carboxylic acids is 1. The van der Waals surface area contributed by atoms with E-state index in [-0.39, 0.29) is 23.3 Å². The molecule has 0 bridgehead atoms. The van der Waals surface area contributed by atoms with Crippen molar-refractivity contribution in [2.75, 3.05) is 28.3 Å². The van der Waals surface area contributed by atoms with Gasteiger partial charge in [-0.15, -0.1) is 0 Å². The number of rotatable bonds is 8. The van der Waals surface area contributed by atoms with Crippen molar-refractivity contribution in [2.45, 2.75) is 43.0 Å². The van der Waals surface area contributed by atoms with Crippen LogP contribution in [-0.4, -0.2) is 46.9 Å². The van der Waals surface area contributed by atoms with Crippen molar-refractivity contribution in [3.63, 3.8) is 0 Å². The highest BCUT2D eigenvalue weighted by Crippen LogP contribution is 2.32. The van der Waals surface area contributed by atoms with Gasteiger partial charge in [-0.2, -0.15) is 0 Å². The average molecular weight is 447 g/mol. The Morgan fingerprint density at radius 3 is 2.58 bits per heavy atom. The summed E-state index contributed by atoms with van der Waals surface area (Å²) < 4.78 is 36.7. The molecule has 3 rings (SSSR count). The number of ether oxygens (including phenoxy) is 2. The van der Waals surface area contributed by atoms with E-state index in [1.54, 1.807) is 19.2 Å². The molecule has 2 aromatic carbocycles. The topological polar surface area (TPSA) is 84.9 Å². The van der Waals surface area contributed by atoms with Crippen LogP contribution in [0.2, 0.25) is 0 Å². The Morgan fingerprint density at radius 1 is 1.13 bits per heavy atom. The second-order valence-electron chi connectivity index (χ2n) is 7.84. The van der Waals surface area contributed by atoms with Gasteiger partial charge in [0.25, 0.3) is 0 Å². The number of benzene rings is 2. The number of aryl methyl sites for hydroxylation is 2. The maximum atomic E-state index is 12.7. The van der Waals surface area contributed by atoms with Crippen molar-refractivity contribution < 1.29 is 22.7 Å². The van der Waals surface area contributed by atoms with Gasteiger partial charge in [0.05, 0.1) is 25.2 Å². The fourth-order valence-electron chi connectivity index (χ4n) is 3.90. The predicted octanol–water partition coefficient (Wildman–Crippen LogP) is 3.08. The second-order valence-corrected chi connectivity index (χ2v) is 9.99. The minimum atomic E-state index is -3.56. The van der Waals surface area contributed by atoms with E-state index in [1.807, 2.05) is 18.2 Å². The highest BCUT2D eigenvalue weighted by atomic mass is 32.2. The Labute approximate surface area is 184 Å². The van der Waals surface area contributed by atoms with Crippen molar-refractivity contribution in [3.05, 3.63) is 53.1 Å². The fraction of sp³-hybridized carbons (Fsp3) is 0.435. The summed E-state index contributed by atoms with van der Waals surface area (Å²) in [5.41, 5.74) is 3.03. The molecule has 31 heavy (non-hydrogen) atoms. The third-order valence-electron chi connectivity index (χ3n) is 5.65. The van der Waals surface area contributed by atoms with E-state index in [2.05, 4.69) is 5.32 Å². The Balaban J connectivity index is 1.71. The summed E-state index contributed by atoms with van der Waals surface area (Å²) in [7, 11) is 2.61. The molecule has 1 atom stereocenters. The first-order valence-electron chi connectivity index (χ1n) is 10.3. The largest absolute Gasteiger partial charge is 0.497 e. The van der Waals surface area contributed by atoms with Crippen molar-refractivity contribution in [3.8, 4) is 11.5 Å². The molecule has 1 aliphatic carbocycles. The molecule has 0 saturated heterocycles. The Morgan fingerprint density at radius 2 is 1.90 bits per heavy atom. The van der Waals surface area contributed by atoms with E-state index >= 15 is 0 Å². The van der Waals surface area contributed by atoms with Gasteiger partial charge in [-0.25, -0.2) is 12.7 Å². The SMILES string of the molecule is COc1ccc2c(c1)CCC[C@H]2NC(=O)CCc1cc(S(=O)(=O)N(C)C)ccc1OC. The van der Waals surface area contributed by atoms with Crippen LogP contribution in [0.5, 0.6) is 11.5 Å². The van der Waals surface area contributed by atoms with Gasteiger partial charge < -0.3 is 14.8 Å². The second kappa shape index (κ2) is 9.70. The van der Waals surface area contributed by atoms with E-state index < -0.39 is 10.0 Å². The normalized spacial score (nSPS) is 16.0. The number of hydrogen-bond donors (Lipinski definition) is 1. The highest BCUT2D eigenvalue weighted by Gasteiger charge is 2.23. The minimum absolute atomic E-state index is 0.0236. The number of nitrogens with one attached hydrogen (secondary N) is 1. The van der Waals surface area contributed by atoms with Crippen LogP contribution in [-0.2, 0) is 27.7 Å². The molecule has 0 radical (unpaired) electrons. The van der Waals surface area contributed by atoms with Gasteiger partial charge in [0, 0.05) is 20.5 Å². The van der Waals surface area contributed by atoms with Gasteiger partial charge in [0.15, 0.2) is 0 Å². The Hall–Kier alpha value is -2.58. The molecule has 1 N–H and O–H groups in total.